The van der Waals surface area contributed by atoms with Gasteiger partial charge in [-0.3, -0.25) is 0 Å². The second kappa shape index (κ2) is 1.94. The van der Waals surface area contributed by atoms with E-state index in [1.807, 2.05) is 12.1 Å². The van der Waals surface area contributed by atoms with Crippen molar-refractivity contribution in [2.75, 3.05) is 0 Å². The van der Waals surface area contributed by atoms with Gasteiger partial charge < -0.3 is 4.42 Å². The molecule has 0 N–H and O–H groups in total. The first-order valence-electron chi connectivity index (χ1n) is 1.97. The highest BCUT2D eigenvalue weighted by Crippen LogP contribution is 1.94. The van der Waals surface area contributed by atoms with Gasteiger partial charge in [-0.15, -0.1) is 8.86 Å². The molecule has 1 aromatic rings. The maximum absolute atomic E-state index is 4.88. The minimum absolute atomic E-state index is 0.844. The minimum atomic E-state index is 0.844. The summed E-state index contributed by atoms with van der Waals surface area (Å²) in [5.41, 5.74) is 0. The topological polar surface area (TPSA) is 13.1 Å². The summed E-state index contributed by atoms with van der Waals surface area (Å²) in [5, 5.41) is 0. The molecule has 1 heterocycles. The quantitative estimate of drug-likeness (QED) is 0.502. The van der Waals surface area contributed by atoms with Crippen LogP contribution in [0.15, 0.2) is 22.8 Å². The van der Waals surface area contributed by atoms with Gasteiger partial charge >= 0.3 is 0 Å². The van der Waals surface area contributed by atoms with E-state index in [2.05, 4.69) is 8.86 Å². The Labute approximate surface area is 44.2 Å². The lowest BCUT2D eigenvalue weighted by molar-refractivity contribution is 0.561. The van der Waals surface area contributed by atoms with Crippen LogP contribution in [-0.2, 0) is 0 Å². The van der Waals surface area contributed by atoms with E-state index in [9.17, 15) is 0 Å². The van der Waals surface area contributed by atoms with Crippen LogP contribution in [0, 0.1) is 0 Å². The van der Waals surface area contributed by atoms with E-state index in [-0.39, 0.29) is 0 Å². The zero-order valence-corrected chi connectivity index (χ0v) is 4.72. The summed E-state index contributed by atoms with van der Waals surface area (Å²) in [6.07, 6.45) is 1.63. The van der Waals surface area contributed by atoms with E-state index in [0.717, 1.165) is 5.76 Å². The Morgan fingerprint density at radius 1 is 1.71 bits per heavy atom. The first-order chi connectivity index (χ1) is 3.43. The normalized spacial score (nSPS) is 8.57. The van der Waals surface area contributed by atoms with Crippen LogP contribution in [0.2, 0.25) is 0 Å². The molecule has 0 aromatic carbocycles. The van der Waals surface area contributed by atoms with Crippen LogP contribution in [0.5, 0.6) is 0 Å². The molecular weight excluding hydrogens is 107 g/mol. The molecule has 7 heavy (non-hydrogen) atoms. The molecule has 0 bridgehead atoms. The van der Waals surface area contributed by atoms with Crippen molar-refractivity contribution in [2.45, 2.75) is 0 Å². The monoisotopic (exact) mass is 112 g/mol. The van der Waals surface area contributed by atoms with E-state index in [0.29, 0.717) is 0 Å². The van der Waals surface area contributed by atoms with E-state index >= 15 is 0 Å². The summed E-state index contributed by atoms with van der Waals surface area (Å²) < 4.78 is 4.88. The van der Waals surface area contributed by atoms with Crippen molar-refractivity contribution >= 4 is 14.7 Å². The smallest absolute Gasteiger partial charge is 0.130 e. The highest BCUT2D eigenvalue weighted by molar-refractivity contribution is 7.19. The van der Waals surface area contributed by atoms with Crippen molar-refractivity contribution in [3.8, 4) is 0 Å². The zero-order valence-electron chi connectivity index (χ0n) is 3.72. The molecule has 0 radical (unpaired) electrons. The maximum Gasteiger partial charge on any atom is 0.130 e. The molecule has 1 rings (SSSR count). The number of rotatable bonds is 1. The first kappa shape index (κ1) is 4.61. The Balaban J connectivity index is 2.96. The van der Waals surface area contributed by atoms with Gasteiger partial charge in [0.05, 0.1) is 6.26 Å². The molecule has 0 aliphatic carbocycles. The molecule has 0 saturated carbocycles. The number of hydrogen-bond donors (Lipinski definition) is 0. The van der Waals surface area contributed by atoms with E-state index in [1.54, 1.807) is 12.1 Å². The Hall–Kier alpha value is -0.550. The van der Waals surface area contributed by atoms with Crippen LogP contribution < -0.4 is 0 Å². The largest absolute Gasteiger partial charge is 0.465 e. The van der Waals surface area contributed by atoms with Gasteiger partial charge in [0.15, 0.2) is 0 Å². The second-order valence-electron chi connectivity index (χ2n) is 1.16. The third-order valence-corrected chi connectivity index (χ3v) is 0.970. The van der Waals surface area contributed by atoms with Gasteiger partial charge in [-0.25, -0.2) is 0 Å². The van der Waals surface area contributed by atoms with E-state index in [1.165, 1.54) is 0 Å². The van der Waals surface area contributed by atoms with Gasteiger partial charge in [0, 0.05) is 5.80 Å². The lowest BCUT2D eigenvalue weighted by atomic mass is 10.5. The minimum Gasteiger partial charge on any atom is -0.465 e. The van der Waals surface area contributed by atoms with E-state index < -0.39 is 0 Å². The predicted octanol–water partition coefficient (Wildman–Crippen LogP) is 1.57. The van der Waals surface area contributed by atoms with Gasteiger partial charge in [0.1, 0.15) is 5.76 Å². The Morgan fingerprint density at radius 3 is 2.86 bits per heavy atom. The number of furan rings is 1. The van der Waals surface area contributed by atoms with Crippen molar-refractivity contribution in [2.24, 2.45) is 0 Å². The van der Waals surface area contributed by atoms with E-state index in [4.69, 9.17) is 4.42 Å². The molecule has 0 amide bonds. The van der Waals surface area contributed by atoms with Crippen molar-refractivity contribution in [3.63, 3.8) is 0 Å². The van der Waals surface area contributed by atoms with Gasteiger partial charge in [-0.1, -0.05) is 0 Å². The van der Waals surface area contributed by atoms with Crippen LogP contribution in [0.4, 0.5) is 0 Å². The maximum atomic E-state index is 4.88. The fraction of sp³-hybridized carbons (Fsp3) is 0. The molecule has 0 atom stereocenters. The molecule has 0 aliphatic rings. The molecule has 1 nitrogen and oxygen atoms in total. The van der Waals surface area contributed by atoms with Gasteiger partial charge in [0.25, 0.3) is 0 Å². The summed E-state index contributed by atoms with van der Waals surface area (Å²) in [5.74, 6) is 2.57. The molecule has 0 spiro atoms. The molecular formula is C5H5OP. The van der Waals surface area contributed by atoms with Crippen LogP contribution >= 0.6 is 8.86 Å². The zero-order chi connectivity index (χ0) is 5.11. The molecule has 36 valence electrons. The summed E-state index contributed by atoms with van der Waals surface area (Å²) in [4.78, 5) is 0. The lowest BCUT2D eigenvalue weighted by Gasteiger charge is -1.72. The molecule has 0 fully saturated rings. The second-order valence-corrected chi connectivity index (χ2v) is 1.45. The Kier molecular flexibility index (Phi) is 1.28. The molecule has 0 aliphatic heterocycles. The fourth-order valence-electron chi connectivity index (χ4n) is 0.373. The third-order valence-electron chi connectivity index (χ3n) is 0.685. The third kappa shape index (κ3) is 0.908. The van der Waals surface area contributed by atoms with Crippen molar-refractivity contribution in [1.82, 2.24) is 0 Å². The average Bonchev–Trinajstić information content (AvgIpc) is 2.14. The molecule has 0 unspecified atom stereocenters. The predicted molar refractivity (Wildman–Crippen MR) is 32.2 cm³/mol. The van der Waals surface area contributed by atoms with Crippen molar-refractivity contribution in [3.05, 3.63) is 24.2 Å². The van der Waals surface area contributed by atoms with Crippen LogP contribution in [-0.4, -0.2) is 5.80 Å². The molecule has 0 saturated heterocycles. The fourth-order valence-corrected chi connectivity index (χ4v) is 0.538. The highest BCUT2D eigenvalue weighted by Gasteiger charge is 1.80. The van der Waals surface area contributed by atoms with Gasteiger partial charge in [0.2, 0.25) is 0 Å². The Morgan fingerprint density at radius 2 is 2.57 bits per heavy atom. The van der Waals surface area contributed by atoms with Crippen molar-refractivity contribution < 1.29 is 4.42 Å². The van der Waals surface area contributed by atoms with Gasteiger partial charge in [-0.05, 0) is 12.1 Å². The van der Waals surface area contributed by atoms with Crippen molar-refractivity contribution in [1.29, 1.82) is 0 Å². The average molecular weight is 112 g/mol. The first-order valence-corrected chi connectivity index (χ1v) is 2.55. The highest BCUT2D eigenvalue weighted by atomic mass is 31.0. The van der Waals surface area contributed by atoms with Crippen LogP contribution in [0.25, 0.3) is 0 Å². The van der Waals surface area contributed by atoms with Crippen LogP contribution in [0.3, 0.4) is 0 Å². The molecule has 1 aromatic heterocycles. The summed E-state index contributed by atoms with van der Waals surface area (Å²) in [6, 6.07) is 3.71. The summed E-state index contributed by atoms with van der Waals surface area (Å²) >= 11 is 0. The standard InChI is InChI=1S/C5H5OP/c7-4-5-2-1-3-6-5/h1-4,7H. The summed E-state index contributed by atoms with van der Waals surface area (Å²) in [6.45, 7) is 0. The SMILES string of the molecule is P=Cc1ccco1. The molecule has 2 heteroatoms. The number of hydrogen-bond acceptors (Lipinski definition) is 1. The lowest BCUT2D eigenvalue weighted by Crippen LogP contribution is -1.62. The van der Waals surface area contributed by atoms with Gasteiger partial charge in [-0.2, -0.15) is 0 Å². The van der Waals surface area contributed by atoms with Crippen LogP contribution in [0.1, 0.15) is 5.76 Å². The Bertz CT molecular complexity index is 143. The summed E-state index contributed by atoms with van der Waals surface area (Å²) in [7, 11) is 3.16.